The average molecular weight is 299 g/mol. The van der Waals surface area contributed by atoms with E-state index in [1.807, 2.05) is 28.8 Å². The normalized spacial score (nSPS) is 16.1. The molecule has 1 amide bonds. The van der Waals surface area contributed by atoms with Crippen molar-refractivity contribution in [2.75, 3.05) is 7.05 Å². The van der Waals surface area contributed by atoms with Gasteiger partial charge in [0, 0.05) is 29.8 Å². The van der Waals surface area contributed by atoms with Gasteiger partial charge in [0.2, 0.25) is 0 Å². The van der Waals surface area contributed by atoms with Crippen LogP contribution in [-0.2, 0) is 0 Å². The molecule has 3 nitrogen and oxygen atoms in total. The number of hydrogen-bond acceptors (Lipinski definition) is 1. The van der Waals surface area contributed by atoms with E-state index in [0.29, 0.717) is 12.1 Å². The minimum absolute atomic E-state index is 0.133. The molecule has 1 aromatic rings. The fourth-order valence-electron chi connectivity index (χ4n) is 2.16. The number of hydrogen-bond donors (Lipinski definition) is 0. The van der Waals surface area contributed by atoms with Crippen LogP contribution < -0.4 is 0 Å². The lowest BCUT2D eigenvalue weighted by molar-refractivity contribution is 0.0639. The summed E-state index contributed by atoms with van der Waals surface area (Å²) in [4.78, 5) is 14.3. The number of rotatable bonds is 3. The number of carbonyl (C=O) groups excluding carboxylic acids is 1. The van der Waals surface area contributed by atoms with Gasteiger partial charge in [0.1, 0.15) is 5.69 Å². The summed E-state index contributed by atoms with van der Waals surface area (Å²) in [6, 6.07) is 2.66. The van der Waals surface area contributed by atoms with E-state index in [4.69, 9.17) is 0 Å². The Labute approximate surface area is 111 Å². The number of amides is 1. The molecule has 0 atom stereocenters. The molecule has 0 aliphatic heterocycles. The molecule has 0 unspecified atom stereocenters. The number of nitrogens with zero attached hydrogens (tertiary/aromatic N) is 2. The van der Waals surface area contributed by atoms with Gasteiger partial charge in [-0.3, -0.25) is 4.79 Å². The Balaban J connectivity index is 2.23. The standard InChI is InChI=1S/C13H19BrN2O/c1-9(2)16-8-10(14)7-12(16)13(17)15(3)11-5-4-6-11/h7-9,11H,4-6H2,1-3H3. The summed E-state index contributed by atoms with van der Waals surface area (Å²) in [6.07, 6.45) is 5.52. The maximum absolute atomic E-state index is 12.4. The van der Waals surface area contributed by atoms with Crippen molar-refractivity contribution >= 4 is 21.8 Å². The maximum atomic E-state index is 12.4. The second-order valence-corrected chi connectivity index (χ2v) is 5.96. The van der Waals surface area contributed by atoms with Crippen LogP contribution in [0.1, 0.15) is 49.6 Å². The molecule has 1 fully saturated rings. The highest BCUT2D eigenvalue weighted by Gasteiger charge is 2.28. The summed E-state index contributed by atoms with van der Waals surface area (Å²) in [5.74, 6) is 0.133. The summed E-state index contributed by atoms with van der Waals surface area (Å²) in [5, 5.41) is 0. The lowest BCUT2D eigenvalue weighted by Gasteiger charge is -2.35. The first kappa shape index (κ1) is 12.7. The van der Waals surface area contributed by atoms with E-state index in [0.717, 1.165) is 23.0 Å². The van der Waals surface area contributed by atoms with Gasteiger partial charge in [-0.1, -0.05) is 0 Å². The zero-order valence-electron chi connectivity index (χ0n) is 10.6. The van der Waals surface area contributed by atoms with Crippen LogP contribution in [0.2, 0.25) is 0 Å². The van der Waals surface area contributed by atoms with Gasteiger partial charge in [0.25, 0.3) is 5.91 Å². The molecule has 4 heteroatoms. The highest BCUT2D eigenvalue weighted by Crippen LogP contribution is 2.26. The minimum Gasteiger partial charge on any atom is -0.340 e. The Hall–Kier alpha value is -0.770. The molecule has 94 valence electrons. The largest absolute Gasteiger partial charge is 0.340 e. The van der Waals surface area contributed by atoms with Gasteiger partial charge in [-0.15, -0.1) is 0 Å². The van der Waals surface area contributed by atoms with Crippen LogP contribution in [0, 0.1) is 0 Å². The van der Waals surface area contributed by atoms with E-state index in [9.17, 15) is 4.79 Å². The van der Waals surface area contributed by atoms with Gasteiger partial charge in [-0.2, -0.15) is 0 Å². The molecule has 0 N–H and O–H groups in total. The molecule has 1 aromatic heterocycles. The molecule has 0 spiro atoms. The first-order valence-electron chi connectivity index (χ1n) is 6.15. The highest BCUT2D eigenvalue weighted by atomic mass is 79.9. The third-order valence-electron chi connectivity index (χ3n) is 3.53. The molecular weight excluding hydrogens is 280 g/mol. The quantitative estimate of drug-likeness (QED) is 0.839. The van der Waals surface area contributed by atoms with E-state index in [-0.39, 0.29) is 5.91 Å². The fraction of sp³-hybridized carbons (Fsp3) is 0.615. The van der Waals surface area contributed by atoms with E-state index in [1.54, 1.807) is 0 Å². The molecule has 0 saturated heterocycles. The molecule has 1 saturated carbocycles. The van der Waals surface area contributed by atoms with Crippen LogP contribution in [0.15, 0.2) is 16.7 Å². The van der Waals surface area contributed by atoms with Crippen LogP contribution in [0.4, 0.5) is 0 Å². The predicted octanol–water partition coefficient (Wildman–Crippen LogP) is 3.46. The number of carbonyl (C=O) groups is 1. The lowest BCUT2D eigenvalue weighted by Crippen LogP contribution is -2.42. The van der Waals surface area contributed by atoms with Crippen LogP contribution in [0.3, 0.4) is 0 Å². The topological polar surface area (TPSA) is 25.2 Å². The van der Waals surface area contributed by atoms with E-state index < -0.39 is 0 Å². The zero-order chi connectivity index (χ0) is 12.6. The third-order valence-corrected chi connectivity index (χ3v) is 3.97. The van der Waals surface area contributed by atoms with Gasteiger partial charge >= 0.3 is 0 Å². The minimum atomic E-state index is 0.133. The molecule has 2 rings (SSSR count). The molecular formula is C13H19BrN2O. The van der Waals surface area contributed by atoms with E-state index in [2.05, 4.69) is 29.8 Å². The molecule has 1 aliphatic rings. The first-order chi connectivity index (χ1) is 8.00. The molecule has 0 aromatic carbocycles. The smallest absolute Gasteiger partial charge is 0.270 e. The SMILES string of the molecule is CC(C)n1cc(Br)cc1C(=O)N(C)C1CCC1. The number of aromatic nitrogens is 1. The Morgan fingerprint density at radius 3 is 2.65 bits per heavy atom. The van der Waals surface area contributed by atoms with Crippen LogP contribution in [0.25, 0.3) is 0 Å². The van der Waals surface area contributed by atoms with Gasteiger partial charge in [-0.25, -0.2) is 0 Å². The van der Waals surface area contributed by atoms with Gasteiger partial charge in [0.05, 0.1) is 0 Å². The maximum Gasteiger partial charge on any atom is 0.270 e. The molecule has 1 heterocycles. The molecule has 0 bridgehead atoms. The second-order valence-electron chi connectivity index (χ2n) is 5.05. The van der Waals surface area contributed by atoms with Crippen LogP contribution in [0.5, 0.6) is 0 Å². The monoisotopic (exact) mass is 298 g/mol. The van der Waals surface area contributed by atoms with Crippen molar-refractivity contribution in [3.8, 4) is 0 Å². The summed E-state index contributed by atoms with van der Waals surface area (Å²) in [5.41, 5.74) is 0.779. The first-order valence-corrected chi connectivity index (χ1v) is 6.94. The average Bonchev–Trinajstić information content (AvgIpc) is 2.56. The summed E-state index contributed by atoms with van der Waals surface area (Å²) < 4.78 is 3.00. The summed E-state index contributed by atoms with van der Waals surface area (Å²) in [7, 11) is 1.91. The third kappa shape index (κ3) is 2.41. The Bertz CT molecular complexity index is 421. The Morgan fingerprint density at radius 1 is 1.53 bits per heavy atom. The van der Waals surface area contributed by atoms with Crippen molar-refractivity contribution in [3.05, 3.63) is 22.4 Å². The zero-order valence-corrected chi connectivity index (χ0v) is 12.2. The molecule has 1 aliphatic carbocycles. The summed E-state index contributed by atoms with van der Waals surface area (Å²) in [6.45, 7) is 4.18. The second kappa shape index (κ2) is 4.84. The van der Waals surface area contributed by atoms with Gasteiger partial charge in [0.15, 0.2) is 0 Å². The van der Waals surface area contributed by atoms with Crippen molar-refractivity contribution in [2.45, 2.75) is 45.2 Å². The highest BCUT2D eigenvalue weighted by molar-refractivity contribution is 9.10. The van der Waals surface area contributed by atoms with Crippen molar-refractivity contribution in [3.63, 3.8) is 0 Å². The molecule has 0 radical (unpaired) electrons. The van der Waals surface area contributed by atoms with Crippen molar-refractivity contribution < 1.29 is 4.79 Å². The lowest BCUT2D eigenvalue weighted by atomic mass is 9.92. The Morgan fingerprint density at radius 2 is 2.18 bits per heavy atom. The predicted molar refractivity (Wildman–Crippen MR) is 72.2 cm³/mol. The van der Waals surface area contributed by atoms with Crippen molar-refractivity contribution in [2.24, 2.45) is 0 Å². The van der Waals surface area contributed by atoms with Crippen LogP contribution in [-0.4, -0.2) is 28.5 Å². The van der Waals surface area contributed by atoms with Crippen molar-refractivity contribution in [1.29, 1.82) is 0 Å². The van der Waals surface area contributed by atoms with Gasteiger partial charge < -0.3 is 9.47 Å². The number of halogens is 1. The van der Waals surface area contributed by atoms with E-state index >= 15 is 0 Å². The van der Waals surface area contributed by atoms with E-state index in [1.165, 1.54) is 6.42 Å². The van der Waals surface area contributed by atoms with Gasteiger partial charge in [-0.05, 0) is 55.1 Å². The van der Waals surface area contributed by atoms with Crippen molar-refractivity contribution in [1.82, 2.24) is 9.47 Å². The summed E-state index contributed by atoms with van der Waals surface area (Å²) >= 11 is 3.45. The van der Waals surface area contributed by atoms with Crippen LogP contribution >= 0.6 is 15.9 Å². The molecule has 17 heavy (non-hydrogen) atoms. The fourth-order valence-corrected chi connectivity index (χ4v) is 2.60. The Kier molecular flexibility index (Phi) is 3.61.